The normalized spacial score (nSPS) is 10.2. The maximum absolute atomic E-state index is 12.7. The van der Waals surface area contributed by atoms with Gasteiger partial charge < -0.3 is 20.1 Å². The van der Waals surface area contributed by atoms with Crippen molar-refractivity contribution < 1.29 is 14.3 Å². The van der Waals surface area contributed by atoms with Gasteiger partial charge >= 0.3 is 0 Å². The smallest absolute Gasteiger partial charge is 0.255 e. The maximum Gasteiger partial charge on any atom is 0.255 e. The molecule has 3 aromatic rings. The van der Waals surface area contributed by atoms with E-state index in [-0.39, 0.29) is 5.91 Å². The molecule has 0 bridgehead atoms. The summed E-state index contributed by atoms with van der Waals surface area (Å²) in [5.74, 6) is 1.14. The molecule has 144 valence electrons. The van der Waals surface area contributed by atoms with Gasteiger partial charge in [0.25, 0.3) is 5.91 Å². The van der Waals surface area contributed by atoms with Gasteiger partial charge in [-0.15, -0.1) is 0 Å². The summed E-state index contributed by atoms with van der Waals surface area (Å²) in [4.78, 5) is 21.0. The zero-order valence-electron chi connectivity index (χ0n) is 15.4. The quantitative estimate of drug-likeness (QED) is 0.625. The van der Waals surface area contributed by atoms with Crippen LogP contribution in [0.4, 0.5) is 11.5 Å². The summed E-state index contributed by atoms with van der Waals surface area (Å²) in [5.41, 5.74) is 1.91. The average Bonchev–Trinajstić information content (AvgIpc) is 2.74. The highest BCUT2D eigenvalue weighted by atomic mass is 35.5. The van der Waals surface area contributed by atoms with Gasteiger partial charge in [0.2, 0.25) is 0 Å². The molecule has 2 N–H and O–H groups in total. The number of nitrogens with zero attached hydrogens (tertiary/aromatic N) is 2. The summed E-state index contributed by atoms with van der Waals surface area (Å²) in [7, 11) is 3.00. The van der Waals surface area contributed by atoms with E-state index in [1.165, 1.54) is 14.2 Å². The second-order valence-corrected chi connectivity index (χ2v) is 6.19. The number of ether oxygens (including phenoxy) is 2. The number of carbonyl (C=O) groups is 1. The molecule has 2 aromatic heterocycles. The van der Waals surface area contributed by atoms with Gasteiger partial charge in [0.15, 0.2) is 0 Å². The monoisotopic (exact) mass is 398 g/mol. The molecule has 1 aromatic carbocycles. The van der Waals surface area contributed by atoms with Crippen molar-refractivity contribution in [1.82, 2.24) is 9.97 Å². The summed E-state index contributed by atoms with van der Waals surface area (Å²) < 4.78 is 10.5. The maximum atomic E-state index is 12.7. The number of methoxy groups -OCH3 is 2. The molecular weight excluding hydrogens is 380 g/mol. The van der Waals surface area contributed by atoms with Gasteiger partial charge in [-0.05, 0) is 23.8 Å². The molecule has 7 nitrogen and oxygen atoms in total. The van der Waals surface area contributed by atoms with Crippen molar-refractivity contribution >= 4 is 29.0 Å². The van der Waals surface area contributed by atoms with Crippen LogP contribution in [0.25, 0.3) is 0 Å². The molecule has 1 amide bonds. The largest absolute Gasteiger partial charge is 0.495 e. The minimum absolute atomic E-state index is 0.311. The summed E-state index contributed by atoms with van der Waals surface area (Å²) in [6.07, 6.45) is 5.05. The van der Waals surface area contributed by atoms with Crippen LogP contribution < -0.4 is 20.1 Å². The first-order valence-corrected chi connectivity index (χ1v) is 8.80. The fourth-order valence-electron chi connectivity index (χ4n) is 2.52. The molecule has 0 saturated carbocycles. The lowest BCUT2D eigenvalue weighted by atomic mass is 10.2. The molecule has 0 saturated heterocycles. The van der Waals surface area contributed by atoms with Gasteiger partial charge in [0.05, 0.1) is 24.9 Å². The van der Waals surface area contributed by atoms with Crippen LogP contribution in [0.2, 0.25) is 5.02 Å². The minimum Gasteiger partial charge on any atom is -0.495 e. The van der Waals surface area contributed by atoms with Gasteiger partial charge in [-0.1, -0.05) is 17.7 Å². The zero-order valence-corrected chi connectivity index (χ0v) is 16.2. The van der Waals surface area contributed by atoms with Gasteiger partial charge in [-0.3, -0.25) is 9.78 Å². The third-order valence-corrected chi connectivity index (χ3v) is 4.24. The Labute approximate surface area is 167 Å². The lowest BCUT2D eigenvalue weighted by Gasteiger charge is -2.13. The third-order valence-electron chi connectivity index (χ3n) is 3.94. The van der Waals surface area contributed by atoms with E-state index in [0.29, 0.717) is 40.1 Å². The number of carbonyl (C=O) groups excluding carboxylic acids is 1. The number of rotatable bonds is 7. The molecule has 0 unspecified atom stereocenters. The van der Waals surface area contributed by atoms with Gasteiger partial charge in [-0.2, -0.15) is 0 Å². The molecule has 2 heterocycles. The van der Waals surface area contributed by atoms with Crippen LogP contribution in [0.1, 0.15) is 15.9 Å². The molecule has 0 spiro atoms. The molecule has 0 fully saturated rings. The molecule has 0 aliphatic heterocycles. The Bertz CT molecular complexity index is 967. The highest BCUT2D eigenvalue weighted by Gasteiger charge is 2.14. The number of halogens is 1. The molecule has 0 atom stereocenters. The highest BCUT2D eigenvalue weighted by molar-refractivity contribution is 6.32. The first-order chi connectivity index (χ1) is 13.6. The molecular formula is C20H19ClN4O3. The zero-order chi connectivity index (χ0) is 19.9. The number of benzene rings is 1. The second-order valence-electron chi connectivity index (χ2n) is 5.79. The Morgan fingerprint density at radius 3 is 2.64 bits per heavy atom. The van der Waals surface area contributed by atoms with Crippen LogP contribution in [0.3, 0.4) is 0 Å². The molecule has 0 radical (unpaired) electrons. The van der Waals surface area contributed by atoms with Crippen molar-refractivity contribution in [3.63, 3.8) is 0 Å². The summed E-state index contributed by atoms with van der Waals surface area (Å²) in [5, 5.41) is 6.38. The van der Waals surface area contributed by atoms with Crippen LogP contribution in [0.5, 0.6) is 11.5 Å². The first-order valence-electron chi connectivity index (χ1n) is 8.42. The van der Waals surface area contributed by atoms with E-state index >= 15 is 0 Å². The lowest BCUT2D eigenvalue weighted by Crippen LogP contribution is -2.13. The van der Waals surface area contributed by atoms with Crippen LogP contribution in [-0.4, -0.2) is 30.1 Å². The predicted molar refractivity (Wildman–Crippen MR) is 108 cm³/mol. The number of aromatic nitrogens is 2. The Hall–Kier alpha value is -3.32. The van der Waals surface area contributed by atoms with Crippen molar-refractivity contribution in [2.75, 3.05) is 24.9 Å². The summed E-state index contributed by atoms with van der Waals surface area (Å²) >= 11 is 6.10. The average molecular weight is 399 g/mol. The fourth-order valence-corrected chi connectivity index (χ4v) is 2.75. The topological polar surface area (TPSA) is 85.4 Å². The van der Waals surface area contributed by atoms with Gasteiger partial charge in [0, 0.05) is 42.8 Å². The van der Waals surface area contributed by atoms with Crippen LogP contribution in [-0.2, 0) is 6.54 Å². The standard InChI is InChI=1S/C20H19ClN4O3/c1-27-17-10-16(18(28-2)9-15(17)21)25-20(26)14-5-7-23-19(8-14)24-12-13-4-3-6-22-11-13/h3-11H,12H2,1-2H3,(H,23,24)(H,25,26). The molecule has 28 heavy (non-hydrogen) atoms. The van der Waals surface area contributed by atoms with Crippen LogP contribution in [0, 0.1) is 0 Å². The van der Waals surface area contributed by atoms with Crippen molar-refractivity contribution in [1.29, 1.82) is 0 Å². The number of pyridine rings is 2. The van der Waals surface area contributed by atoms with Gasteiger partial charge in [-0.25, -0.2) is 4.98 Å². The SMILES string of the molecule is COc1cc(NC(=O)c2ccnc(NCc3cccnc3)c2)c(OC)cc1Cl. The molecule has 3 rings (SSSR count). The van der Waals surface area contributed by atoms with Crippen molar-refractivity contribution in [3.05, 3.63) is 71.1 Å². The van der Waals surface area contributed by atoms with E-state index in [1.54, 1.807) is 42.9 Å². The van der Waals surface area contributed by atoms with E-state index in [9.17, 15) is 4.79 Å². The second kappa shape index (κ2) is 9.05. The number of amides is 1. The number of hydrogen-bond acceptors (Lipinski definition) is 6. The lowest BCUT2D eigenvalue weighted by molar-refractivity contribution is 0.102. The van der Waals surface area contributed by atoms with Gasteiger partial charge in [0.1, 0.15) is 17.3 Å². The number of hydrogen-bond donors (Lipinski definition) is 2. The van der Waals surface area contributed by atoms with E-state index in [1.807, 2.05) is 12.1 Å². The summed E-state index contributed by atoms with van der Waals surface area (Å²) in [6, 6.07) is 10.3. The fraction of sp³-hybridized carbons (Fsp3) is 0.150. The van der Waals surface area contributed by atoms with E-state index in [0.717, 1.165) is 5.56 Å². The minimum atomic E-state index is -0.311. The number of nitrogens with one attached hydrogen (secondary N) is 2. The van der Waals surface area contributed by atoms with Crippen molar-refractivity contribution in [2.24, 2.45) is 0 Å². The summed E-state index contributed by atoms with van der Waals surface area (Å²) in [6.45, 7) is 0.550. The number of anilines is 2. The first kappa shape index (κ1) is 19.4. The Morgan fingerprint density at radius 2 is 1.93 bits per heavy atom. The Morgan fingerprint density at radius 1 is 1.11 bits per heavy atom. The molecule has 0 aliphatic rings. The van der Waals surface area contributed by atoms with Crippen LogP contribution >= 0.6 is 11.6 Å². The highest BCUT2D eigenvalue weighted by Crippen LogP contribution is 2.36. The molecule has 0 aliphatic carbocycles. The van der Waals surface area contributed by atoms with Crippen molar-refractivity contribution in [2.45, 2.75) is 6.54 Å². The Kier molecular flexibility index (Phi) is 6.29. The van der Waals surface area contributed by atoms with Crippen LogP contribution in [0.15, 0.2) is 55.0 Å². The molecule has 8 heteroatoms. The third kappa shape index (κ3) is 4.69. The Balaban J connectivity index is 1.74. The van der Waals surface area contributed by atoms with E-state index < -0.39 is 0 Å². The van der Waals surface area contributed by atoms with E-state index in [4.69, 9.17) is 21.1 Å². The predicted octanol–water partition coefficient (Wildman–Crippen LogP) is 4.01. The van der Waals surface area contributed by atoms with E-state index in [2.05, 4.69) is 20.6 Å². The van der Waals surface area contributed by atoms with Crippen molar-refractivity contribution in [3.8, 4) is 11.5 Å².